The number of nitrogens with zero attached hydrogens (tertiary/aromatic N) is 2. The Labute approximate surface area is 135 Å². The highest BCUT2D eigenvalue weighted by atomic mass is 32.1. The van der Waals surface area contributed by atoms with E-state index in [1.165, 1.54) is 11.3 Å². The number of nitrogens with one attached hydrogen (secondary N) is 1. The maximum atomic E-state index is 12.1. The lowest BCUT2D eigenvalue weighted by Crippen LogP contribution is -2.23. The molecular formula is C16H11N3OS2. The van der Waals surface area contributed by atoms with Crippen LogP contribution in [0.15, 0.2) is 47.2 Å². The van der Waals surface area contributed by atoms with Gasteiger partial charge in [0.05, 0.1) is 16.5 Å². The van der Waals surface area contributed by atoms with Crippen LogP contribution in [0, 0.1) is 11.3 Å². The van der Waals surface area contributed by atoms with Gasteiger partial charge in [-0.15, -0.1) is 22.7 Å². The molecule has 0 fully saturated rings. The predicted molar refractivity (Wildman–Crippen MR) is 87.8 cm³/mol. The van der Waals surface area contributed by atoms with E-state index in [1.807, 2.05) is 29.6 Å². The van der Waals surface area contributed by atoms with Gasteiger partial charge in [-0.1, -0.05) is 18.2 Å². The molecule has 3 rings (SSSR count). The van der Waals surface area contributed by atoms with Gasteiger partial charge in [0.2, 0.25) is 0 Å². The van der Waals surface area contributed by atoms with Crippen molar-refractivity contribution in [3.05, 3.63) is 64.0 Å². The molecule has 1 aromatic carbocycles. The Bertz CT molecular complexity index is 814. The van der Waals surface area contributed by atoms with Crippen LogP contribution in [0.2, 0.25) is 0 Å². The number of thiophene rings is 1. The summed E-state index contributed by atoms with van der Waals surface area (Å²) < 4.78 is 0. The molecule has 0 atom stereocenters. The first kappa shape index (κ1) is 14.4. The third-order valence-electron chi connectivity index (χ3n) is 3.00. The SMILES string of the molecule is N#Cc1ccc(CNC(=O)c2csc(-c3cccs3)n2)cc1. The third-order valence-corrected chi connectivity index (χ3v) is 4.89. The Morgan fingerprint density at radius 2 is 2.05 bits per heavy atom. The van der Waals surface area contributed by atoms with Crippen molar-refractivity contribution in [2.45, 2.75) is 6.54 Å². The summed E-state index contributed by atoms with van der Waals surface area (Å²) in [7, 11) is 0. The first-order chi connectivity index (χ1) is 10.8. The van der Waals surface area contributed by atoms with E-state index in [9.17, 15) is 4.79 Å². The van der Waals surface area contributed by atoms with Crippen molar-refractivity contribution in [2.24, 2.45) is 0 Å². The predicted octanol–water partition coefficient (Wildman–Crippen LogP) is 3.67. The van der Waals surface area contributed by atoms with E-state index in [2.05, 4.69) is 16.4 Å². The van der Waals surface area contributed by atoms with Crippen molar-refractivity contribution in [2.75, 3.05) is 0 Å². The summed E-state index contributed by atoms with van der Waals surface area (Å²) >= 11 is 3.07. The summed E-state index contributed by atoms with van der Waals surface area (Å²) in [6, 6.07) is 13.1. The third kappa shape index (κ3) is 3.22. The van der Waals surface area contributed by atoms with E-state index >= 15 is 0 Å². The number of carbonyl (C=O) groups is 1. The number of nitriles is 1. The second-order valence-electron chi connectivity index (χ2n) is 4.51. The van der Waals surface area contributed by atoms with Gasteiger partial charge in [0, 0.05) is 11.9 Å². The number of carbonyl (C=O) groups excluding carboxylic acids is 1. The van der Waals surface area contributed by atoms with Crippen LogP contribution < -0.4 is 5.32 Å². The van der Waals surface area contributed by atoms with Gasteiger partial charge in [-0.2, -0.15) is 5.26 Å². The van der Waals surface area contributed by atoms with Crippen molar-refractivity contribution in [3.8, 4) is 16.0 Å². The van der Waals surface area contributed by atoms with Crippen LogP contribution in [0.5, 0.6) is 0 Å². The van der Waals surface area contributed by atoms with Gasteiger partial charge >= 0.3 is 0 Å². The topological polar surface area (TPSA) is 65.8 Å². The monoisotopic (exact) mass is 325 g/mol. The molecule has 0 saturated heterocycles. The van der Waals surface area contributed by atoms with E-state index in [4.69, 9.17) is 5.26 Å². The number of hydrogen-bond acceptors (Lipinski definition) is 5. The van der Waals surface area contributed by atoms with Crippen LogP contribution in [0.1, 0.15) is 21.6 Å². The van der Waals surface area contributed by atoms with Gasteiger partial charge in [0.25, 0.3) is 5.91 Å². The average molecular weight is 325 g/mol. The summed E-state index contributed by atoms with van der Waals surface area (Å²) in [5.41, 5.74) is 1.98. The molecule has 0 radical (unpaired) electrons. The Hall–Kier alpha value is -2.49. The summed E-state index contributed by atoms with van der Waals surface area (Å²) in [6.45, 7) is 0.413. The highest BCUT2D eigenvalue weighted by molar-refractivity contribution is 7.20. The van der Waals surface area contributed by atoms with Crippen LogP contribution in [0.3, 0.4) is 0 Å². The van der Waals surface area contributed by atoms with Gasteiger partial charge in [0.1, 0.15) is 10.7 Å². The zero-order valence-electron chi connectivity index (χ0n) is 11.4. The van der Waals surface area contributed by atoms with E-state index < -0.39 is 0 Å². The molecule has 0 aliphatic heterocycles. The lowest BCUT2D eigenvalue weighted by atomic mass is 10.1. The summed E-state index contributed by atoms with van der Waals surface area (Å²) in [5.74, 6) is -0.191. The molecular weight excluding hydrogens is 314 g/mol. The molecule has 22 heavy (non-hydrogen) atoms. The first-order valence-electron chi connectivity index (χ1n) is 6.53. The molecule has 6 heteroatoms. The minimum Gasteiger partial charge on any atom is -0.347 e. The van der Waals surface area contributed by atoms with Crippen LogP contribution in [0.4, 0.5) is 0 Å². The fourth-order valence-electron chi connectivity index (χ4n) is 1.86. The Balaban J connectivity index is 1.63. The summed E-state index contributed by atoms with van der Waals surface area (Å²) in [5, 5.41) is 16.2. The molecule has 0 saturated carbocycles. The van der Waals surface area contributed by atoms with Crippen molar-refractivity contribution in [1.29, 1.82) is 5.26 Å². The largest absolute Gasteiger partial charge is 0.347 e. The molecule has 0 unspecified atom stereocenters. The van der Waals surface area contributed by atoms with Crippen LogP contribution in [0.25, 0.3) is 9.88 Å². The van der Waals surface area contributed by atoms with Crippen LogP contribution >= 0.6 is 22.7 Å². The highest BCUT2D eigenvalue weighted by Gasteiger charge is 2.12. The smallest absolute Gasteiger partial charge is 0.271 e. The molecule has 3 aromatic rings. The quantitative estimate of drug-likeness (QED) is 0.796. The standard InChI is InChI=1S/C16H11N3OS2/c17-8-11-3-5-12(6-4-11)9-18-15(20)13-10-22-16(19-13)14-2-1-7-21-14/h1-7,10H,9H2,(H,18,20). The zero-order valence-corrected chi connectivity index (χ0v) is 13.1. The molecule has 108 valence electrons. The van der Waals surface area contributed by atoms with Gasteiger partial charge in [-0.3, -0.25) is 4.79 Å². The van der Waals surface area contributed by atoms with Gasteiger partial charge in [0.15, 0.2) is 0 Å². The van der Waals surface area contributed by atoms with Gasteiger partial charge in [-0.25, -0.2) is 4.98 Å². The fourth-order valence-corrected chi connectivity index (χ4v) is 3.48. The van der Waals surface area contributed by atoms with Gasteiger partial charge < -0.3 is 5.32 Å². The van der Waals surface area contributed by atoms with Crippen molar-refractivity contribution in [1.82, 2.24) is 10.3 Å². The fraction of sp³-hybridized carbons (Fsp3) is 0.0625. The lowest BCUT2D eigenvalue weighted by Gasteiger charge is -2.03. The van der Waals surface area contributed by atoms with E-state index in [1.54, 1.807) is 28.8 Å². The van der Waals surface area contributed by atoms with Crippen LogP contribution in [-0.4, -0.2) is 10.9 Å². The zero-order chi connectivity index (χ0) is 15.4. The molecule has 1 N–H and O–H groups in total. The maximum Gasteiger partial charge on any atom is 0.271 e. The van der Waals surface area contributed by atoms with E-state index in [0.29, 0.717) is 17.8 Å². The number of rotatable bonds is 4. The Morgan fingerprint density at radius 3 is 2.73 bits per heavy atom. The Kier molecular flexibility index (Phi) is 4.28. The minimum atomic E-state index is -0.191. The van der Waals surface area contributed by atoms with Crippen molar-refractivity contribution in [3.63, 3.8) is 0 Å². The summed E-state index contributed by atoms with van der Waals surface area (Å²) in [4.78, 5) is 17.5. The minimum absolute atomic E-state index is 0.191. The first-order valence-corrected chi connectivity index (χ1v) is 8.29. The molecule has 0 spiro atoms. The van der Waals surface area contributed by atoms with E-state index in [-0.39, 0.29) is 5.91 Å². The molecule has 4 nitrogen and oxygen atoms in total. The lowest BCUT2D eigenvalue weighted by molar-refractivity contribution is 0.0946. The second kappa shape index (κ2) is 6.52. The number of aromatic nitrogens is 1. The summed E-state index contributed by atoms with van der Waals surface area (Å²) in [6.07, 6.45) is 0. The molecule has 0 bridgehead atoms. The number of amides is 1. The molecule has 1 amide bonds. The Morgan fingerprint density at radius 1 is 1.23 bits per heavy atom. The van der Waals surface area contributed by atoms with Crippen LogP contribution in [-0.2, 0) is 6.54 Å². The number of thiazole rings is 1. The average Bonchev–Trinajstić information content (AvgIpc) is 3.23. The highest BCUT2D eigenvalue weighted by Crippen LogP contribution is 2.27. The molecule has 2 heterocycles. The number of benzene rings is 1. The van der Waals surface area contributed by atoms with E-state index in [0.717, 1.165) is 15.4 Å². The normalized spacial score (nSPS) is 10.1. The maximum absolute atomic E-state index is 12.1. The second-order valence-corrected chi connectivity index (χ2v) is 6.31. The van der Waals surface area contributed by atoms with Crippen molar-refractivity contribution < 1.29 is 4.79 Å². The van der Waals surface area contributed by atoms with Crippen molar-refractivity contribution >= 4 is 28.6 Å². The molecule has 0 aliphatic rings. The molecule has 2 aromatic heterocycles. The number of hydrogen-bond donors (Lipinski definition) is 1. The van der Waals surface area contributed by atoms with Gasteiger partial charge in [-0.05, 0) is 29.1 Å². The molecule has 0 aliphatic carbocycles.